The molecule has 0 saturated carbocycles. The van der Waals surface area contributed by atoms with E-state index in [1.165, 1.54) is 17.0 Å². The number of hydrogen-bond donors (Lipinski definition) is 1. The highest BCUT2D eigenvalue weighted by Gasteiger charge is 2.38. The van der Waals surface area contributed by atoms with Crippen LogP contribution in [-0.2, 0) is 6.54 Å². The molecule has 2 aromatic carbocycles. The molecule has 0 bridgehead atoms. The van der Waals surface area contributed by atoms with Gasteiger partial charge >= 0.3 is 6.03 Å². The average molecular weight is 313 g/mol. The molecule has 1 aliphatic heterocycles. The minimum atomic E-state index is -0.565. The number of hydrogen-bond acceptors (Lipinski definition) is 2. The van der Waals surface area contributed by atoms with Crippen LogP contribution in [-0.4, -0.2) is 18.1 Å². The molecule has 0 spiro atoms. The van der Waals surface area contributed by atoms with E-state index in [0.29, 0.717) is 18.8 Å². The smallest absolute Gasteiger partial charge is 0.319 e. The fourth-order valence-corrected chi connectivity index (χ4v) is 3.09. The zero-order chi connectivity index (χ0) is 16.6. The van der Waals surface area contributed by atoms with Crippen molar-refractivity contribution >= 4 is 17.4 Å². The summed E-state index contributed by atoms with van der Waals surface area (Å²) >= 11 is 0. The minimum Gasteiger partial charge on any atom is -0.359 e. The summed E-state index contributed by atoms with van der Waals surface area (Å²) in [5.41, 5.74) is 7.66. The largest absolute Gasteiger partial charge is 0.359 e. The molecule has 0 aliphatic carbocycles. The fourth-order valence-electron chi connectivity index (χ4n) is 3.09. The lowest BCUT2D eigenvalue weighted by molar-refractivity contribution is 0.251. The first-order valence-electron chi connectivity index (χ1n) is 7.56. The van der Waals surface area contributed by atoms with Crippen LogP contribution < -0.4 is 15.5 Å². The van der Waals surface area contributed by atoms with Crippen LogP contribution in [0.1, 0.15) is 19.4 Å². The van der Waals surface area contributed by atoms with Crippen molar-refractivity contribution in [3.05, 3.63) is 59.9 Å². The summed E-state index contributed by atoms with van der Waals surface area (Å²) < 4.78 is 13.7. The number of urea groups is 1. The van der Waals surface area contributed by atoms with E-state index in [2.05, 4.69) is 30.9 Å². The molecular formula is C18H20FN3O. The molecule has 0 atom stereocenters. The molecule has 120 valence electrons. The number of benzene rings is 2. The predicted molar refractivity (Wildman–Crippen MR) is 90.0 cm³/mol. The van der Waals surface area contributed by atoms with E-state index < -0.39 is 6.03 Å². The maximum absolute atomic E-state index is 13.7. The second-order valence-electron chi connectivity index (χ2n) is 6.44. The average Bonchev–Trinajstić information content (AvgIpc) is 2.50. The van der Waals surface area contributed by atoms with Crippen molar-refractivity contribution in [2.45, 2.75) is 25.9 Å². The second kappa shape index (κ2) is 5.57. The normalized spacial score (nSPS) is 16.1. The Morgan fingerprint density at radius 2 is 1.87 bits per heavy atom. The number of halogens is 1. The van der Waals surface area contributed by atoms with Gasteiger partial charge in [-0.1, -0.05) is 30.3 Å². The third-order valence-corrected chi connectivity index (χ3v) is 4.24. The van der Waals surface area contributed by atoms with Crippen molar-refractivity contribution in [3.8, 4) is 0 Å². The van der Waals surface area contributed by atoms with E-state index in [-0.39, 0.29) is 11.4 Å². The summed E-state index contributed by atoms with van der Waals surface area (Å²) in [6.07, 6.45) is 0. The Kier molecular flexibility index (Phi) is 3.72. The zero-order valence-electron chi connectivity index (χ0n) is 13.3. The lowest BCUT2D eigenvalue weighted by atomic mass is 9.95. The van der Waals surface area contributed by atoms with Crippen molar-refractivity contribution in [2.24, 2.45) is 5.73 Å². The van der Waals surface area contributed by atoms with Gasteiger partial charge in [-0.15, -0.1) is 0 Å². The molecule has 0 radical (unpaired) electrons. The number of nitrogens with zero attached hydrogens (tertiary/aromatic N) is 2. The van der Waals surface area contributed by atoms with E-state index in [1.54, 1.807) is 6.07 Å². The van der Waals surface area contributed by atoms with Gasteiger partial charge < -0.3 is 10.6 Å². The second-order valence-corrected chi connectivity index (χ2v) is 6.44. The van der Waals surface area contributed by atoms with Crippen molar-refractivity contribution in [3.63, 3.8) is 0 Å². The third kappa shape index (κ3) is 2.86. The van der Waals surface area contributed by atoms with Crippen LogP contribution >= 0.6 is 0 Å². The van der Waals surface area contributed by atoms with Gasteiger partial charge in [0, 0.05) is 6.54 Å². The summed E-state index contributed by atoms with van der Waals surface area (Å²) in [4.78, 5) is 15.4. The van der Waals surface area contributed by atoms with E-state index >= 15 is 0 Å². The van der Waals surface area contributed by atoms with Gasteiger partial charge in [-0.25, -0.2) is 9.18 Å². The van der Waals surface area contributed by atoms with Gasteiger partial charge in [0.25, 0.3) is 0 Å². The molecule has 1 aliphatic rings. The van der Waals surface area contributed by atoms with Crippen molar-refractivity contribution in [2.75, 3.05) is 16.3 Å². The summed E-state index contributed by atoms with van der Waals surface area (Å²) in [7, 11) is 0. The molecule has 0 fully saturated rings. The Morgan fingerprint density at radius 3 is 2.52 bits per heavy atom. The lowest BCUT2D eigenvalue weighted by Gasteiger charge is -2.48. The number of amides is 2. The van der Waals surface area contributed by atoms with E-state index in [9.17, 15) is 9.18 Å². The number of fused-ring (bicyclic) bond motifs is 1. The Balaban J connectivity index is 2.08. The molecule has 0 unspecified atom stereocenters. The monoisotopic (exact) mass is 313 g/mol. The molecule has 1 heterocycles. The number of primary amides is 1. The highest BCUT2D eigenvalue weighted by atomic mass is 19.1. The highest BCUT2D eigenvalue weighted by Crippen LogP contribution is 2.40. The first-order chi connectivity index (χ1) is 10.9. The lowest BCUT2D eigenvalue weighted by Crippen LogP contribution is -2.58. The van der Waals surface area contributed by atoms with Crippen molar-refractivity contribution in [1.29, 1.82) is 0 Å². The van der Waals surface area contributed by atoms with Crippen molar-refractivity contribution in [1.82, 2.24) is 0 Å². The molecule has 4 nitrogen and oxygen atoms in total. The van der Waals surface area contributed by atoms with Crippen LogP contribution in [0.2, 0.25) is 0 Å². The number of carbonyl (C=O) groups is 1. The van der Waals surface area contributed by atoms with E-state index in [0.717, 1.165) is 11.3 Å². The molecule has 3 rings (SSSR count). The van der Waals surface area contributed by atoms with Crippen LogP contribution in [0.4, 0.5) is 20.6 Å². The molecule has 23 heavy (non-hydrogen) atoms. The number of nitrogens with two attached hydrogens (primary N) is 1. The first kappa shape index (κ1) is 15.3. The molecule has 0 saturated heterocycles. The van der Waals surface area contributed by atoms with Crippen LogP contribution in [0.3, 0.4) is 0 Å². The van der Waals surface area contributed by atoms with Crippen LogP contribution in [0, 0.1) is 5.82 Å². The van der Waals surface area contributed by atoms with Gasteiger partial charge in [0.1, 0.15) is 5.82 Å². The first-order valence-corrected chi connectivity index (χ1v) is 7.56. The molecule has 2 amide bonds. The quantitative estimate of drug-likeness (QED) is 0.922. The topological polar surface area (TPSA) is 49.6 Å². The highest BCUT2D eigenvalue weighted by molar-refractivity contribution is 5.96. The van der Waals surface area contributed by atoms with Gasteiger partial charge in [0.05, 0.1) is 23.5 Å². The van der Waals surface area contributed by atoms with Gasteiger partial charge in [0.2, 0.25) is 0 Å². The Hall–Kier alpha value is -2.56. The fraction of sp³-hybridized carbons (Fsp3) is 0.278. The van der Waals surface area contributed by atoms with Gasteiger partial charge in [-0.2, -0.15) is 0 Å². The molecular weight excluding hydrogens is 293 g/mol. The van der Waals surface area contributed by atoms with Gasteiger partial charge in [0.15, 0.2) is 0 Å². The molecule has 2 N–H and O–H groups in total. The maximum Gasteiger partial charge on any atom is 0.319 e. The summed E-state index contributed by atoms with van der Waals surface area (Å²) in [6.45, 7) is 5.20. The Labute approximate surface area is 135 Å². The summed E-state index contributed by atoms with van der Waals surface area (Å²) in [5.74, 6) is -0.380. The maximum atomic E-state index is 13.7. The Bertz CT molecular complexity index is 730. The van der Waals surface area contributed by atoms with E-state index in [4.69, 9.17) is 5.73 Å². The summed E-state index contributed by atoms with van der Waals surface area (Å²) in [6, 6.07) is 14.0. The summed E-state index contributed by atoms with van der Waals surface area (Å²) in [5, 5.41) is 0. The SMILES string of the molecule is CC1(C)CN(C(N)=O)c2cc(F)ccc2N1Cc1ccccc1. The standard InChI is InChI=1S/C18H20FN3O/c1-18(2)12-21(17(20)23)16-10-14(19)8-9-15(16)22(18)11-13-6-4-3-5-7-13/h3-10H,11-12H2,1-2H3,(H2,20,23). The van der Waals surface area contributed by atoms with Gasteiger partial charge in [-0.05, 0) is 37.6 Å². The minimum absolute atomic E-state index is 0.324. The van der Waals surface area contributed by atoms with Gasteiger partial charge in [-0.3, -0.25) is 4.90 Å². The zero-order valence-corrected chi connectivity index (χ0v) is 13.3. The Morgan fingerprint density at radius 1 is 1.17 bits per heavy atom. The predicted octanol–water partition coefficient (Wildman–Crippen LogP) is 3.51. The van der Waals surface area contributed by atoms with Crippen molar-refractivity contribution < 1.29 is 9.18 Å². The van der Waals surface area contributed by atoms with Crippen LogP contribution in [0.25, 0.3) is 0 Å². The molecule has 2 aromatic rings. The molecule has 0 aromatic heterocycles. The third-order valence-electron chi connectivity index (χ3n) is 4.24. The number of anilines is 2. The van der Waals surface area contributed by atoms with E-state index in [1.807, 2.05) is 18.2 Å². The number of carbonyl (C=O) groups excluding carboxylic acids is 1. The molecule has 5 heteroatoms. The van der Waals surface area contributed by atoms with Crippen LogP contribution in [0.5, 0.6) is 0 Å². The number of rotatable bonds is 2. The van der Waals surface area contributed by atoms with Crippen LogP contribution in [0.15, 0.2) is 48.5 Å².